The van der Waals surface area contributed by atoms with Crippen LogP contribution in [0.3, 0.4) is 0 Å². The van der Waals surface area contributed by atoms with Crippen molar-refractivity contribution in [1.82, 2.24) is 9.78 Å². The summed E-state index contributed by atoms with van der Waals surface area (Å²) in [6.07, 6.45) is 4.87. The fourth-order valence-electron chi connectivity index (χ4n) is 1.47. The van der Waals surface area contributed by atoms with Gasteiger partial charge in [-0.25, -0.2) is 4.68 Å². The zero-order valence-corrected chi connectivity index (χ0v) is 8.88. The van der Waals surface area contributed by atoms with Crippen LogP contribution in [0, 0.1) is 0 Å². The summed E-state index contributed by atoms with van der Waals surface area (Å²) >= 11 is 5.82. The third-order valence-electron chi connectivity index (χ3n) is 2.23. The average molecular weight is 202 g/mol. The first kappa shape index (κ1) is 10.4. The van der Waals surface area contributed by atoms with Gasteiger partial charge in [-0.05, 0) is 12.8 Å². The molecule has 0 aliphatic rings. The average Bonchev–Trinajstić information content (AvgIpc) is 2.45. The molecular formula is C9H16ClN3. The first-order valence-corrected chi connectivity index (χ1v) is 5.07. The number of nitrogens with two attached hydrogens (primary N) is 1. The van der Waals surface area contributed by atoms with Crippen molar-refractivity contribution in [2.45, 2.75) is 39.2 Å². The van der Waals surface area contributed by atoms with Crippen molar-refractivity contribution in [3.05, 3.63) is 11.2 Å². The second-order valence-electron chi connectivity index (χ2n) is 3.17. The normalized spacial score (nSPS) is 13.2. The highest BCUT2D eigenvalue weighted by molar-refractivity contribution is 6.32. The molecule has 0 bridgehead atoms. The van der Waals surface area contributed by atoms with E-state index in [4.69, 9.17) is 17.3 Å². The molecule has 13 heavy (non-hydrogen) atoms. The van der Waals surface area contributed by atoms with Crippen LogP contribution >= 0.6 is 11.6 Å². The lowest BCUT2D eigenvalue weighted by Gasteiger charge is -2.15. The summed E-state index contributed by atoms with van der Waals surface area (Å²) in [4.78, 5) is 0. The first-order valence-electron chi connectivity index (χ1n) is 4.69. The van der Waals surface area contributed by atoms with Crippen LogP contribution in [0.25, 0.3) is 0 Å². The Balaban J connectivity index is 2.84. The highest BCUT2D eigenvalue weighted by Gasteiger charge is 2.13. The topological polar surface area (TPSA) is 43.8 Å². The Hall–Kier alpha value is -0.700. The molecule has 2 N–H and O–H groups in total. The number of halogens is 1. The lowest BCUT2D eigenvalue weighted by atomic mass is 10.1. The van der Waals surface area contributed by atoms with Gasteiger partial charge in [0.1, 0.15) is 10.8 Å². The minimum absolute atomic E-state index is 0.387. The molecule has 1 heterocycles. The van der Waals surface area contributed by atoms with Crippen LogP contribution < -0.4 is 5.73 Å². The van der Waals surface area contributed by atoms with Crippen molar-refractivity contribution in [2.24, 2.45) is 0 Å². The molecule has 0 spiro atoms. The van der Waals surface area contributed by atoms with Gasteiger partial charge in [-0.1, -0.05) is 31.9 Å². The van der Waals surface area contributed by atoms with E-state index in [-0.39, 0.29) is 0 Å². The Morgan fingerprint density at radius 1 is 1.62 bits per heavy atom. The standard InChI is InChI=1S/C9H16ClN3/c1-3-5-7(4-2)13-9(11)8(10)6-12-13/h6-7H,3-5,11H2,1-2H3. The Morgan fingerprint density at radius 2 is 2.31 bits per heavy atom. The SMILES string of the molecule is CCCC(CC)n1ncc(Cl)c1N. The zero-order chi connectivity index (χ0) is 9.84. The van der Waals surface area contributed by atoms with E-state index in [9.17, 15) is 0 Å². The molecule has 1 aromatic heterocycles. The minimum atomic E-state index is 0.387. The van der Waals surface area contributed by atoms with E-state index < -0.39 is 0 Å². The maximum Gasteiger partial charge on any atom is 0.140 e. The summed E-state index contributed by atoms with van der Waals surface area (Å²) in [7, 11) is 0. The fraction of sp³-hybridized carbons (Fsp3) is 0.667. The van der Waals surface area contributed by atoms with Crippen molar-refractivity contribution in [1.29, 1.82) is 0 Å². The third-order valence-corrected chi connectivity index (χ3v) is 2.52. The Kier molecular flexibility index (Phi) is 3.60. The first-order chi connectivity index (χ1) is 6.20. The summed E-state index contributed by atoms with van der Waals surface area (Å²) in [6.45, 7) is 4.29. The molecule has 0 amide bonds. The maximum absolute atomic E-state index is 5.82. The monoisotopic (exact) mass is 201 g/mol. The van der Waals surface area contributed by atoms with Gasteiger partial charge in [0.05, 0.1) is 12.2 Å². The van der Waals surface area contributed by atoms with Gasteiger partial charge in [-0.2, -0.15) is 5.10 Å². The predicted molar refractivity (Wildman–Crippen MR) is 55.9 cm³/mol. The van der Waals surface area contributed by atoms with Gasteiger partial charge in [0.15, 0.2) is 0 Å². The molecule has 0 saturated heterocycles. The molecule has 0 aliphatic heterocycles. The number of rotatable bonds is 4. The predicted octanol–water partition coefficient (Wildman–Crippen LogP) is 2.87. The largest absolute Gasteiger partial charge is 0.383 e. The molecule has 1 atom stereocenters. The van der Waals surface area contributed by atoms with Crippen LogP contribution in [0.15, 0.2) is 6.20 Å². The van der Waals surface area contributed by atoms with Crippen LogP contribution in [0.4, 0.5) is 5.82 Å². The highest BCUT2D eigenvalue weighted by atomic mass is 35.5. The molecule has 0 saturated carbocycles. The number of anilines is 1. The second kappa shape index (κ2) is 4.51. The van der Waals surface area contributed by atoms with Crippen molar-refractivity contribution in [3.63, 3.8) is 0 Å². The van der Waals surface area contributed by atoms with E-state index in [1.807, 2.05) is 4.68 Å². The molecule has 4 heteroatoms. The summed E-state index contributed by atoms with van der Waals surface area (Å²) in [6, 6.07) is 0.387. The number of nitrogens with zero attached hydrogens (tertiary/aromatic N) is 2. The number of hydrogen-bond acceptors (Lipinski definition) is 2. The molecule has 0 radical (unpaired) electrons. The van der Waals surface area contributed by atoms with Gasteiger partial charge in [0.2, 0.25) is 0 Å². The maximum atomic E-state index is 5.82. The van der Waals surface area contributed by atoms with Gasteiger partial charge in [0, 0.05) is 0 Å². The fourth-order valence-corrected chi connectivity index (χ4v) is 1.60. The molecule has 74 valence electrons. The van der Waals surface area contributed by atoms with E-state index in [1.54, 1.807) is 6.20 Å². The van der Waals surface area contributed by atoms with Crippen LogP contribution in [0.2, 0.25) is 5.02 Å². The molecule has 0 fully saturated rings. The van der Waals surface area contributed by atoms with Crippen LogP contribution in [0.5, 0.6) is 0 Å². The molecule has 3 nitrogen and oxygen atoms in total. The molecule has 1 aromatic rings. The molecular weight excluding hydrogens is 186 g/mol. The Morgan fingerprint density at radius 3 is 2.69 bits per heavy atom. The van der Waals surface area contributed by atoms with Gasteiger partial charge in [-0.15, -0.1) is 0 Å². The van der Waals surface area contributed by atoms with E-state index in [0.717, 1.165) is 19.3 Å². The summed E-state index contributed by atoms with van der Waals surface area (Å²) in [5.74, 6) is 0.585. The lowest BCUT2D eigenvalue weighted by molar-refractivity contribution is 0.414. The molecule has 1 unspecified atom stereocenters. The highest BCUT2D eigenvalue weighted by Crippen LogP contribution is 2.25. The van der Waals surface area contributed by atoms with E-state index in [2.05, 4.69) is 18.9 Å². The number of nitrogen functional groups attached to an aromatic ring is 1. The number of hydrogen-bond donors (Lipinski definition) is 1. The minimum Gasteiger partial charge on any atom is -0.383 e. The Labute approximate surface area is 83.9 Å². The van der Waals surface area contributed by atoms with Crippen molar-refractivity contribution < 1.29 is 0 Å². The molecule has 0 aromatic carbocycles. The Bertz CT molecular complexity index is 270. The summed E-state index contributed by atoms with van der Waals surface area (Å²) < 4.78 is 1.83. The lowest BCUT2D eigenvalue weighted by Crippen LogP contribution is -2.12. The summed E-state index contributed by atoms with van der Waals surface area (Å²) in [5, 5.41) is 4.72. The van der Waals surface area contributed by atoms with Crippen molar-refractivity contribution >= 4 is 17.4 Å². The summed E-state index contributed by atoms with van der Waals surface area (Å²) in [5.41, 5.74) is 5.78. The van der Waals surface area contributed by atoms with Crippen molar-refractivity contribution in [3.8, 4) is 0 Å². The van der Waals surface area contributed by atoms with E-state index in [1.165, 1.54) is 0 Å². The second-order valence-corrected chi connectivity index (χ2v) is 3.58. The quantitative estimate of drug-likeness (QED) is 0.814. The molecule has 1 rings (SSSR count). The third kappa shape index (κ3) is 2.15. The van der Waals surface area contributed by atoms with Crippen LogP contribution in [0.1, 0.15) is 39.2 Å². The smallest absolute Gasteiger partial charge is 0.140 e. The van der Waals surface area contributed by atoms with Gasteiger partial charge >= 0.3 is 0 Å². The van der Waals surface area contributed by atoms with Gasteiger partial charge < -0.3 is 5.73 Å². The van der Waals surface area contributed by atoms with Crippen LogP contribution in [-0.4, -0.2) is 9.78 Å². The number of aromatic nitrogens is 2. The van der Waals surface area contributed by atoms with E-state index in [0.29, 0.717) is 16.9 Å². The zero-order valence-electron chi connectivity index (χ0n) is 8.13. The van der Waals surface area contributed by atoms with E-state index >= 15 is 0 Å². The van der Waals surface area contributed by atoms with Crippen LogP contribution in [-0.2, 0) is 0 Å². The van der Waals surface area contributed by atoms with Gasteiger partial charge in [-0.3, -0.25) is 0 Å². The molecule has 0 aliphatic carbocycles. The van der Waals surface area contributed by atoms with Gasteiger partial charge in [0.25, 0.3) is 0 Å². The van der Waals surface area contributed by atoms with Crippen molar-refractivity contribution in [2.75, 3.05) is 5.73 Å².